The molecule has 3 heteroatoms. The third kappa shape index (κ3) is 3.01. The molecule has 1 aliphatic carbocycles. The second kappa shape index (κ2) is 5.38. The molecule has 3 nitrogen and oxygen atoms in total. The molecule has 1 N–H and O–H groups in total. The van der Waals surface area contributed by atoms with Gasteiger partial charge in [-0.15, -0.1) is 0 Å². The van der Waals surface area contributed by atoms with E-state index in [1.807, 2.05) is 0 Å². The van der Waals surface area contributed by atoms with E-state index >= 15 is 0 Å². The largest absolute Gasteiger partial charge is 0.462 e. The third-order valence-electron chi connectivity index (χ3n) is 4.65. The van der Waals surface area contributed by atoms with Crippen LogP contribution in [0.2, 0.25) is 0 Å². The Hall–Kier alpha value is -0.570. The second-order valence-corrected chi connectivity index (χ2v) is 6.07. The summed E-state index contributed by atoms with van der Waals surface area (Å²) >= 11 is 0. The Balaban J connectivity index is 1.82. The number of nitrogens with one attached hydrogen (secondary N) is 1. The summed E-state index contributed by atoms with van der Waals surface area (Å²) in [6.07, 6.45) is 3.45. The smallest absolute Gasteiger partial charge is 0.310 e. The van der Waals surface area contributed by atoms with Crippen LogP contribution in [0, 0.1) is 23.7 Å². The topological polar surface area (TPSA) is 38.3 Å². The average molecular weight is 239 g/mol. The number of esters is 1. The zero-order chi connectivity index (χ0) is 12.4. The highest BCUT2D eigenvalue weighted by Gasteiger charge is 2.34. The minimum Gasteiger partial charge on any atom is -0.462 e. The fourth-order valence-corrected chi connectivity index (χ4v) is 2.98. The lowest BCUT2D eigenvalue weighted by atomic mass is 9.80. The maximum absolute atomic E-state index is 12.0. The van der Waals surface area contributed by atoms with E-state index in [-0.39, 0.29) is 18.0 Å². The lowest BCUT2D eigenvalue weighted by molar-refractivity contribution is -0.157. The van der Waals surface area contributed by atoms with Gasteiger partial charge in [-0.1, -0.05) is 20.8 Å². The molecule has 98 valence electrons. The highest BCUT2D eigenvalue weighted by molar-refractivity contribution is 5.73. The van der Waals surface area contributed by atoms with E-state index in [1.165, 1.54) is 6.42 Å². The van der Waals surface area contributed by atoms with E-state index in [9.17, 15) is 4.79 Å². The van der Waals surface area contributed by atoms with Crippen molar-refractivity contribution < 1.29 is 9.53 Å². The fourth-order valence-electron chi connectivity index (χ4n) is 2.98. The number of carbonyl (C=O) groups excluding carboxylic acids is 1. The van der Waals surface area contributed by atoms with E-state index < -0.39 is 0 Å². The average Bonchev–Trinajstić information content (AvgIpc) is 2.70. The zero-order valence-electron chi connectivity index (χ0n) is 11.2. The molecular weight excluding hydrogens is 214 g/mol. The zero-order valence-corrected chi connectivity index (χ0v) is 11.2. The summed E-state index contributed by atoms with van der Waals surface area (Å²) < 4.78 is 5.69. The predicted molar refractivity (Wildman–Crippen MR) is 67.6 cm³/mol. The van der Waals surface area contributed by atoms with Crippen LogP contribution in [0.5, 0.6) is 0 Å². The van der Waals surface area contributed by atoms with E-state index in [0.717, 1.165) is 31.8 Å². The van der Waals surface area contributed by atoms with Crippen LogP contribution in [0.25, 0.3) is 0 Å². The maximum atomic E-state index is 12.0. The van der Waals surface area contributed by atoms with Crippen LogP contribution in [0.4, 0.5) is 0 Å². The van der Waals surface area contributed by atoms with Crippen LogP contribution in [0.15, 0.2) is 0 Å². The Morgan fingerprint density at radius 2 is 1.82 bits per heavy atom. The summed E-state index contributed by atoms with van der Waals surface area (Å²) in [5, 5.41) is 3.26. The second-order valence-electron chi connectivity index (χ2n) is 6.07. The Labute approximate surface area is 104 Å². The van der Waals surface area contributed by atoms with E-state index in [0.29, 0.717) is 11.8 Å². The van der Waals surface area contributed by atoms with Gasteiger partial charge in [-0.2, -0.15) is 0 Å². The van der Waals surface area contributed by atoms with E-state index in [1.54, 1.807) is 0 Å². The van der Waals surface area contributed by atoms with Gasteiger partial charge in [-0.05, 0) is 43.6 Å². The Morgan fingerprint density at radius 3 is 2.41 bits per heavy atom. The number of rotatable bonds is 2. The lowest BCUT2D eigenvalue weighted by Crippen LogP contribution is -2.32. The SMILES string of the molecule is CC1CCC(OC(=O)C2CNCC2C)CC1C. The number of ether oxygens (including phenoxy) is 1. The molecule has 2 rings (SSSR count). The number of hydrogen-bond acceptors (Lipinski definition) is 3. The standard InChI is InChI=1S/C14H25NO2/c1-9-4-5-12(6-10(9)2)17-14(16)13-8-15-7-11(13)3/h9-13,15H,4-8H2,1-3H3. The van der Waals surface area contributed by atoms with Gasteiger partial charge in [0.05, 0.1) is 5.92 Å². The normalized spacial score (nSPS) is 42.4. The molecule has 2 fully saturated rings. The summed E-state index contributed by atoms with van der Waals surface area (Å²) in [6.45, 7) is 8.42. The minimum atomic E-state index is 0.0225. The summed E-state index contributed by atoms with van der Waals surface area (Å²) in [4.78, 5) is 12.0. The Kier molecular flexibility index (Phi) is 4.08. The van der Waals surface area contributed by atoms with Crippen molar-refractivity contribution in [3.8, 4) is 0 Å². The Morgan fingerprint density at radius 1 is 1.06 bits per heavy atom. The van der Waals surface area contributed by atoms with Gasteiger partial charge < -0.3 is 10.1 Å². The molecule has 0 aromatic rings. The van der Waals surface area contributed by atoms with Gasteiger partial charge >= 0.3 is 5.97 Å². The fraction of sp³-hybridized carbons (Fsp3) is 0.929. The molecule has 1 heterocycles. The van der Waals surface area contributed by atoms with Gasteiger partial charge in [0, 0.05) is 6.54 Å². The first kappa shape index (κ1) is 12.9. The molecule has 1 saturated carbocycles. The van der Waals surface area contributed by atoms with Crippen molar-refractivity contribution in [1.82, 2.24) is 5.32 Å². The molecule has 0 aromatic heterocycles. The molecule has 0 radical (unpaired) electrons. The van der Waals surface area contributed by atoms with Gasteiger partial charge in [0.1, 0.15) is 6.10 Å². The first-order valence-corrected chi connectivity index (χ1v) is 6.99. The van der Waals surface area contributed by atoms with Crippen molar-refractivity contribution in [3.63, 3.8) is 0 Å². The first-order chi connectivity index (χ1) is 8.08. The van der Waals surface area contributed by atoms with E-state index in [2.05, 4.69) is 26.1 Å². The molecular formula is C14H25NO2. The van der Waals surface area contributed by atoms with Gasteiger partial charge in [0.2, 0.25) is 0 Å². The lowest BCUT2D eigenvalue weighted by Gasteiger charge is -2.32. The third-order valence-corrected chi connectivity index (χ3v) is 4.65. The molecule has 5 atom stereocenters. The summed E-state index contributed by atoms with van der Waals surface area (Å²) in [7, 11) is 0. The van der Waals surface area contributed by atoms with Crippen LogP contribution in [0.3, 0.4) is 0 Å². The van der Waals surface area contributed by atoms with Gasteiger partial charge in [0.15, 0.2) is 0 Å². The first-order valence-electron chi connectivity index (χ1n) is 6.99. The molecule has 2 aliphatic rings. The van der Waals surface area contributed by atoms with Crippen molar-refractivity contribution in [3.05, 3.63) is 0 Å². The van der Waals surface area contributed by atoms with Crippen molar-refractivity contribution in [2.45, 2.75) is 46.1 Å². The molecule has 0 bridgehead atoms. The van der Waals surface area contributed by atoms with Crippen LogP contribution >= 0.6 is 0 Å². The highest BCUT2D eigenvalue weighted by Crippen LogP contribution is 2.31. The minimum absolute atomic E-state index is 0.0225. The van der Waals surface area contributed by atoms with Crippen molar-refractivity contribution >= 4 is 5.97 Å². The molecule has 1 saturated heterocycles. The van der Waals surface area contributed by atoms with Gasteiger partial charge in [0.25, 0.3) is 0 Å². The van der Waals surface area contributed by atoms with Crippen LogP contribution in [-0.2, 0) is 9.53 Å². The summed E-state index contributed by atoms with van der Waals surface area (Å²) in [5.74, 6) is 1.97. The molecule has 1 aliphatic heterocycles. The molecule has 5 unspecified atom stereocenters. The highest BCUT2D eigenvalue weighted by atomic mass is 16.5. The summed E-state index contributed by atoms with van der Waals surface area (Å²) in [5.41, 5.74) is 0. The van der Waals surface area contributed by atoms with Gasteiger partial charge in [-0.3, -0.25) is 4.79 Å². The number of carbonyl (C=O) groups is 1. The predicted octanol–water partition coefficient (Wildman–Crippen LogP) is 2.21. The summed E-state index contributed by atoms with van der Waals surface area (Å²) in [6, 6.07) is 0. The monoisotopic (exact) mass is 239 g/mol. The molecule has 17 heavy (non-hydrogen) atoms. The molecule has 0 spiro atoms. The van der Waals surface area contributed by atoms with Crippen LogP contribution in [-0.4, -0.2) is 25.2 Å². The van der Waals surface area contributed by atoms with E-state index in [4.69, 9.17) is 4.74 Å². The molecule has 0 amide bonds. The van der Waals surface area contributed by atoms with Crippen molar-refractivity contribution in [1.29, 1.82) is 0 Å². The quantitative estimate of drug-likeness (QED) is 0.751. The van der Waals surface area contributed by atoms with Crippen molar-refractivity contribution in [2.24, 2.45) is 23.7 Å². The Bertz CT molecular complexity index is 279. The molecule has 0 aromatic carbocycles. The van der Waals surface area contributed by atoms with Gasteiger partial charge in [-0.25, -0.2) is 0 Å². The van der Waals surface area contributed by atoms with Crippen LogP contribution < -0.4 is 5.32 Å². The van der Waals surface area contributed by atoms with Crippen molar-refractivity contribution in [2.75, 3.05) is 13.1 Å². The maximum Gasteiger partial charge on any atom is 0.310 e. The van der Waals surface area contributed by atoms with Crippen LogP contribution in [0.1, 0.15) is 40.0 Å². The number of hydrogen-bond donors (Lipinski definition) is 1.